The van der Waals surface area contributed by atoms with E-state index in [-0.39, 0.29) is 23.1 Å². The minimum absolute atomic E-state index is 0.0196. The number of hydrogen-bond acceptors (Lipinski definition) is 3. The zero-order valence-corrected chi connectivity index (χ0v) is 17.3. The van der Waals surface area contributed by atoms with Crippen molar-refractivity contribution >= 4 is 6.09 Å². The molecule has 0 saturated carbocycles. The number of hydrogen-bond donors (Lipinski definition) is 1. The van der Waals surface area contributed by atoms with Crippen LogP contribution >= 0.6 is 0 Å². The van der Waals surface area contributed by atoms with Crippen LogP contribution in [-0.4, -0.2) is 41.1 Å². The maximum Gasteiger partial charge on any atom is 0.410 e. The van der Waals surface area contributed by atoms with Crippen LogP contribution in [0.15, 0.2) is 36.4 Å². The van der Waals surface area contributed by atoms with Crippen molar-refractivity contribution < 1.29 is 31.5 Å². The van der Waals surface area contributed by atoms with Gasteiger partial charge in [0.1, 0.15) is 23.1 Å². The predicted octanol–water partition coefficient (Wildman–Crippen LogP) is 4.90. The van der Waals surface area contributed by atoms with Gasteiger partial charge < -0.3 is 10.5 Å². The molecule has 4 nitrogen and oxygen atoms in total. The summed E-state index contributed by atoms with van der Waals surface area (Å²) < 4.78 is 76.2. The van der Waals surface area contributed by atoms with Crippen LogP contribution in [0.25, 0.3) is 11.1 Å². The molecule has 0 bridgehead atoms. The van der Waals surface area contributed by atoms with E-state index in [4.69, 9.17) is 10.5 Å². The Morgan fingerprint density at radius 3 is 2.35 bits per heavy atom. The molecule has 1 fully saturated rings. The van der Waals surface area contributed by atoms with Gasteiger partial charge in [-0.25, -0.2) is 26.7 Å². The normalized spacial score (nSPS) is 20.7. The third-order valence-electron chi connectivity index (χ3n) is 4.99. The lowest BCUT2D eigenvalue weighted by molar-refractivity contribution is -0.00942. The van der Waals surface area contributed by atoms with E-state index in [2.05, 4.69) is 0 Å². The largest absolute Gasteiger partial charge is 0.444 e. The Morgan fingerprint density at radius 1 is 1.16 bits per heavy atom. The average molecular weight is 442 g/mol. The number of ether oxygens (including phenoxy) is 1. The molecule has 1 aliphatic rings. The molecule has 2 N–H and O–H groups in total. The van der Waals surface area contributed by atoms with E-state index in [0.717, 1.165) is 17.0 Å². The first-order chi connectivity index (χ1) is 14.3. The van der Waals surface area contributed by atoms with E-state index >= 15 is 4.39 Å². The van der Waals surface area contributed by atoms with Crippen LogP contribution in [0, 0.1) is 17.5 Å². The van der Waals surface area contributed by atoms with Crippen LogP contribution in [0.3, 0.4) is 0 Å². The lowest BCUT2D eigenvalue weighted by atomic mass is 9.95. The van der Waals surface area contributed by atoms with E-state index in [1.54, 1.807) is 20.8 Å². The number of alkyl halides is 2. The lowest BCUT2D eigenvalue weighted by Gasteiger charge is -2.29. The van der Waals surface area contributed by atoms with Gasteiger partial charge in [-0.1, -0.05) is 18.2 Å². The minimum Gasteiger partial charge on any atom is -0.444 e. The topological polar surface area (TPSA) is 55.6 Å². The molecule has 0 spiro atoms. The Kier molecular flexibility index (Phi) is 6.01. The quantitative estimate of drug-likeness (QED) is 0.689. The molecule has 1 amide bonds. The molecule has 2 atom stereocenters. The fourth-order valence-electron chi connectivity index (χ4n) is 3.58. The molecule has 2 aromatic rings. The molecule has 0 aromatic heterocycles. The van der Waals surface area contributed by atoms with Crippen molar-refractivity contribution in [2.45, 2.75) is 50.8 Å². The van der Waals surface area contributed by atoms with E-state index < -0.39 is 53.7 Å². The van der Waals surface area contributed by atoms with Crippen LogP contribution in [0.2, 0.25) is 0 Å². The van der Waals surface area contributed by atoms with E-state index in [1.165, 1.54) is 18.2 Å². The molecule has 1 heterocycles. The summed E-state index contributed by atoms with van der Waals surface area (Å²) in [4.78, 5) is 13.3. The second kappa shape index (κ2) is 8.11. The first-order valence-electron chi connectivity index (χ1n) is 9.65. The SMILES string of the molecule is CC(C)(C)OC(=O)N1CC(F)(F)[C@H](N)[C@@H]1Cc1cccc(-c2cc(F)cc(F)c2)c1F. The van der Waals surface area contributed by atoms with Crippen LogP contribution in [0.4, 0.5) is 26.7 Å². The van der Waals surface area contributed by atoms with Crippen molar-refractivity contribution in [3.05, 3.63) is 59.4 Å². The second-order valence-corrected chi connectivity index (χ2v) is 8.60. The number of halogens is 5. The third kappa shape index (κ3) is 4.98. The maximum absolute atomic E-state index is 15.2. The van der Waals surface area contributed by atoms with Gasteiger partial charge in [0.2, 0.25) is 0 Å². The van der Waals surface area contributed by atoms with E-state index in [0.29, 0.717) is 6.07 Å². The highest BCUT2D eigenvalue weighted by Gasteiger charge is 2.55. The van der Waals surface area contributed by atoms with E-state index in [1.807, 2.05) is 0 Å². The number of nitrogens with two attached hydrogens (primary N) is 1. The van der Waals surface area contributed by atoms with Crippen molar-refractivity contribution in [1.29, 1.82) is 0 Å². The van der Waals surface area contributed by atoms with Gasteiger partial charge in [0.05, 0.1) is 18.6 Å². The zero-order chi connectivity index (χ0) is 23.1. The molecule has 9 heteroatoms. The number of amides is 1. The number of nitrogens with zero attached hydrogens (tertiary/aromatic N) is 1. The van der Waals surface area contributed by atoms with Gasteiger partial charge in [0.15, 0.2) is 0 Å². The zero-order valence-electron chi connectivity index (χ0n) is 17.3. The molecular formula is C22H23F5N2O2. The summed E-state index contributed by atoms with van der Waals surface area (Å²) >= 11 is 0. The lowest BCUT2D eigenvalue weighted by Crippen LogP contribution is -2.48. The Morgan fingerprint density at radius 2 is 1.77 bits per heavy atom. The molecule has 2 aromatic carbocycles. The van der Waals surface area contributed by atoms with Gasteiger partial charge in [-0.2, -0.15) is 0 Å². The van der Waals surface area contributed by atoms with Gasteiger partial charge in [-0.15, -0.1) is 0 Å². The summed E-state index contributed by atoms with van der Waals surface area (Å²) in [6.45, 7) is 3.82. The third-order valence-corrected chi connectivity index (χ3v) is 4.99. The molecule has 31 heavy (non-hydrogen) atoms. The molecule has 0 radical (unpaired) electrons. The predicted molar refractivity (Wildman–Crippen MR) is 105 cm³/mol. The highest BCUT2D eigenvalue weighted by Crippen LogP contribution is 2.35. The highest BCUT2D eigenvalue weighted by atomic mass is 19.3. The van der Waals surface area contributed by atoms with Gasteiger partial charge >= 0.3 is 6.09 Å². The highest BCUT2D eigenvalue weighted by molar-refractivity contribution is 5.70. The summed E-state index contributed by atoms with van der Waals surface area (Å²) in [5.41, 5.74) is 4.64. The van der Waals surface area contributed by atoms with Gasteiger partial charge in [-0.3, -0.25) is 4.90 Å². The number of likely N-dealkylation sites (tertiary alicyclic amines) is 1. The second-order valence-electron chi connectivity index (χ2n) is 8.60. The number of carbonyl (C=O) groups excluding carboxylic acids is 1. The Balaban J connectivity index is 1.95. The number of rotatable bonds is 3. The summed E-state index contributed by atoms with van der Waals surface area (Å²) in [6, 6.07) is 3.72. The van der Waals surface area contributed by atoms with Crippen molar-refractivity contribution in [3.8, 4) is 11.1 Å². The molecular weight excluding hydrogens is 419 g/mol. The Bertz CT molecular complexity index is 970. The Labute approximate surface area is 176 Å². The summed E-state index contributed by atoms with van der Waals surface area (Å²) in [6.07, 6.45) is -1.30. The van der Waals surface area contributed by atoms with Crippen molar-refractivity contribution in [2.75, 3.05) is 6.54 Å². The number of benzene rings is 2. The smallest absolute Gasteiger partial charge is 0.410 e. The molecule has 3 rings (SSSR count). The van der Waals surface area contributed by atoms with Gasteiger partial charge in [0.25, 0.3) is 5.92 Å². The molecule has 0 unspecified atom stereocenters. The monoisotopic (exact) mass is 442 g/mol. The fraction of sp³-hybridized carbons (Fsp3) is 0.409. The van der Waals surface area contributed by atoms with Gasteiger partial charge in [0, 0.05) is 11.6 Å². The van der Waals surface area contributed by atoms with Gasteiger partial charge in [-0.05, 0) is 50.5 Å². The van der Waals surface area contributed by atoms with Crippen LogP contribution in [-0.2, 0) is 11.2 Å². The average Bonchev–Trinajstić information content (AvgIpc) is 2.85. The standard InChI is InChI=1S/C22H23F5N2O2/c1-21(2,3)31-20(30)29-11-22(26,27)19(28)17(29)9-12-5-4-6-16(18(12)25)13-7-14(23)10-15(24)8-13/h4-8,10,17,19H,9,11,28H2,1-3H3/t17-,19+/m0/s1. The summed E-state index contributed by atoms with van der Waals surface area (Å²) in [5.74, 6) is -5.98. The van der Waals surface area contributed by atoms with Crippen molar-refractivity contribution in [2.24, 2.45) is 5.73 Å². The van der Waals surface area contributed by atoms with Crippen LogP contribution in [0.1, 0.15) is 26.3 Å². The van der Waals surface area contributed by atoms with Crippen LogP contribution in [0.5, 0.6) is 0 Å². The first kappa shape index (κ1) is 23.0. The van der Waals surface area contributed by atoms with Crippen molar-refractivity contribution in [3.63, 3.8) is 0 Å². The first-order valence-corrected chi connectivity index (χ1v) is 9.65. The van der Waals surface area contributed by atoms with Crippen LogP contribution < -0.4 is 5.73 Å². The maximum atomic E-state index is 15.2. The molecule has 168 valence electrons. The van der Waals surface area contributed by atoms with E-state index in [9.17, 15) is 22.4 Å². The minimum atomic E-state index is -3.39. The van der Waals surface area contributed by atoms with Crippen molar-refractivity contribution in [1.82, 2.24) is 4.90 Å². The Hall–Kier alpha value is -2.68. The molecule has 1 saturated heterocycles. The molecule has 0 aliphatic carbocycles. The molecule has 1 aliphatic heterocycles. The number of carbonyl (C=O) groups is 1. The fourth-order valence-corrected chi connectivity index (χ4v) is 3.58. The summed E-state index contributed by atoms with van der Waals surface area (Å²) in [7, 11) is 0. The summed E-state index contributed by atoms with van der Waals surface area (Å²) in [5, 5.41) is 0.